The lowest BCUT2D eigenvalue weighted by Crippen LogP contribution is -2.24. The predicted octanol–water partition coefficient (Wildman–Crippen LogP) is 4.36. The van der Waals surface area contributed by atoms with Crippen molar-refractivity contribution in [3.8, 4) is 5.75 Å². The van der Waals surface area contributed by atoms with Crippen LogP contribution in [0.25, 0.3) is 0 Å². The summed E-state index contributed by atoms with van der Waals surface area (Å²) in [5.41, 5.74) is 1.65. The van der Waals surface area contributed by atoms with Gasteiger partial charge in [-0.3, -0.25) is 9.78 Å². The SMILES string of the molecule is O=C(NCCCC1CCCC1)c1cccc(OCc2cccnc2)c1. The topological polar surface area (TPSA) is 51.2 Å². The fourth-order valence-electron chi connectivity index (χ4n) is 3.37. The van der Waals surface area contributed by atoms with E-state index in [1.165, 1.54) is 32.1 Å². The first-order valence-corrected chi connectivity index (χ1v) is 9.21. The van der Waals surface area contributed by atoms with Gasteiger partial charge in [0, 0.05) is 30.1 Å². The van der Waals surface area contributed by atoms with E-state index in [0.29, 0.717) is 17.9 Å². The van der Waals surface area contributed by atoms with Gasteiger partial charge in [0.25, 0.3) is 5.91 Å². The molecule has 1 aromatic carbocycles. The number of nitrogens with zero attached hydrogens (tertiary/aromatic N) is 1. The zero-order chi connectivity index (χ0) is 17.3. The Morgan fingerprint density at radius 2 is 2.08 bits per heavy atom. The first-order chi connectivity index (χ1) is 12.3. The van der Waals surface area contributed by atoms with E-state index in [1.807, 2.05) is 30.3 Å². The van der Waals surface area contributed by atoms with Crippen LogP contribution in [0.5, 0.6) is 5.75 Å². The molecule has 0 unspecified atom stereocenters. The minimum atomic E-state index is -0.0294. The number of hydrogen-bond acceptors (Lipinski definition) is 3. The smallest absolute Gasteiger partial charge is 0.251 e. The number of carbonyl (C=O) groups is 1. The van der Waals surface area contributed by atoms with Gasteiger partial charge in [-0.1, -0.05) is 37.8 Å². The summed E-state index contributed by atoms with van der Waals surface area (Å²) in [6, 6.07) is 11.2. The molecule has 1 aromatic heterocycles. The monoisotopic (exact) mass is 338 g/mol. The Hall–Kier alpha value is -2.36. The highest BCUT2D eigenvalue weighted by Gasteiger charge is 2.14. The Bertz CT molecular complexity index is 667. The maximum atomic E-state index is 12.3. The normalized spacial score (nSPS) is 14.4. The van der Waals surface area contributed by atoms with Crippen LogP contribution in [0.15, 0.2) is 48.8 Å². The van der Waals surface area contributed by atoms with Gasteiger partial charge in [0.1, 0.15) is 12.4 Å². The van der Waals surface area contributed by atoms with Crippen LogP contribution in [0.1, 0.15) is 54.4 Å². The lowest BCUT2D eigenvalue weighted by Gasteiger charge is -2.10. The van der Waals surface area contributed by atoms with Crippen LogP contribution in [0, 0.1) is 5.92 Å². The number of pyridine rings is 1. The lowest BCUT2D eigenvalue weighted by atomic mass is 10.0. The molecule has 132 valence electrons. The quantitative estimate of drug-likeness (QED) is 0.728. The molecule has 1 aliphatic carbocycles. The number of amides is 1. The third-order valence-corrected chi connectivity index (χ3v) is 4.77. The van der Waals surface area contributed by atoms with E-state index >= 15 is 0 Å². The predicted molar refractivity (Wildman–Crippen MR) is 98.5 cm³/mol. The highest BCUT2D eigenvalue weighted by molar-refractivity contribution is 5.94. The lowest BCUT2D eigenvalue weighted by molar-refractivity contribution is 0.0952. The molecule has 2 aromatic rings. The summed E-state index contributed by atoms with van der Waals surface area (Å²) in [7, 11) is 0. The van der Waals surface area contributed by atoms with Gasteiger partial charge in [0.05, 0.1) is 0 Å². The molecule has 0 saturated heterocycles. The molecule has 0 spiro atoms. The number of carbonyl (C=O) groups excluding carboxylic acids is 1. The molecule has 1 N–H and O–H groups in total. The third kappa shape index (κ3) is 5.59. The molecular weight excluding hydrogens is 312 g/mol. The van der Waals surface area contributed by atoms with Crippen LogP contribution < -0.4 is 10.1 Å². The van der Waals surface area contributed by atoms with Crippen molar-refractivity contribution in [2.45, 2.75) is 45.1 Å². The Kier molecular flexibility index (Phi) is 6.43. The maximum absolute atomic E-state index is 12.3. The first kappa shape index (κ1) is 17.5. The molecular formula is C21H26N2O2. The Morgan fingerprint density at radius 3 is 2.88 bits per heavy atom. The summed E-state index contributed by atoms with van der Waals surface area (Å²) in [5.74, 6) is 1.54. The van der Waals surface area contributed by atoms with Gasteiger partial charge in [-0.15, -0.1) is 0 Å². The van der Waals surface area contributed by atoms with Crippen LogP contribution in [0.3, 0.4) is 0 Å². The average Bonchev–Trinajstić information content (AvgIpc) is 3.18. The third-order valence-electron chi connectivity index (χ3n) is 4.77. The molecule has 0 bridgehead atoms. The summed E-state index contributed by atoms with van der Waals surface area (Å²) < 4.78 is 5.76. The van der Waals surface area contributed by atoms with Gasteiger partial charge in [-0.05, 0) is 43.0 Å². The van der Waals surface area contributed by atoms with Crippen LogP contribution in [-0.2, 0) is 6.61 Å². The Morgan fingerprint density at radius 1 is 1.20 bits per heavy atom. The van der Waals surface area contributed by atoms with Crippen molar-refractivity contribution in [1.82, 2.24) is 10.3 Å². The maximum Gasteiger partial charge on any atom is 0.251 e. The van der Waals surface area contributed by atoms with Crippen molar-refractivity contribution in [3.05, 3.63) is 59.9 Å². The molecule has 0 atom stereocenters. The van der Waals surface area contributed by atoms with Crippen molar-refractivity contribution in [1.29, 1.82) is 0 Å². The number of hydrogen-bond donors (Lipinski definition) is 1. The van der Waals surface area contributed by atoms with Crippen molar-refractivity contribution >= 4 is 5.91 Å². The second-order valence-corrected chi connectivity index (χ2v) is 6.73. The van der Waals surface area contributed by atoms with E-state index in [0.717, 1.165) is 24.4 Å². The number of benzene rings is 1. The standard InChI is InChI=1S/C21H26N2O2/c24-21(23-13-5-8-17-6-1-2-7-17)19-10-3-11-20(14-19)25-16-18-9-4-12-22-15-18/h3-4,9-12,14-15,17H,1-2,5-8,13,16H2,(H,23,24). The van der Waals surface area contributed by atoms with Crippen LogP contribution in [0.4, 0.5) is 0 Å². The first-order valence-electron chi connectivity index (χ1n) is 9.21. The summed E-state index contributed by atoms with van der Waals surface area (Å²) in [4.78, 5) is 16.4. The summed E-state index contributed by atoms with van der Waals surface area (Å²) in [5, 5.41) is 3.02. The molecule has 1 heterocycles. The van der Waals surface area contributed by atoms with E-state index < -0.39 is 0 Å². The molecule has 1 amide bonds. The average molecular weight is 338 g/mol. The van der Waals surface area contributed by atoms with Crippen LogP contribution >= 0.6 is 0 Å². The van der Waals surface area contributed by atoms with Gasteiger partial charge in [-0.25, -0.2) is 0 Å². The highest BCUT2D eigenvalue weighted by atomic mass is 16.5. The molecule has 1 aliphatic rings. The van der Waals surface area contributed by atoms with Gasteiger partial charge in [0.15, 0.2) is 0 Å². The van der Waals surface area contributed by atoms with E-state index in [-0.39, 0.29) is 5.91 Å². The second kappa shape index (κ2) is 9.21. The molecule has 1 saturated carbocycles. The minimum absolute atomic E-state index is 0.0294. The fourth-order valence-corrected chi connectivity index (χ4v) is 3.37. The van der Waals surface area contributed by atoms with Crippen LogP contribution in [0.2, 0.25) is 0 Å². The van der Waals surface area contributed by atoms with Gasteiger partial charge in [-0.2, -0.15) is 0 Å². The number of rotatable bonds is 8. The molecule has 4 heteroatoms. The molecule has 0 aliphatic heterocycles. The van der Waals surface area contributed by atoms with E-state index in [2.05, 4.69) is 10.3 Å². The number of aromatic nitrogens is 1. The summed E-state index contributed by atoms with van der Waals surface area (Å²) in [6.45, 7) is 1.19. The second-order valence-electron chi connectivity index (χ2n) is 6.73. The summed E-state index contributed by atoms with van der Waals surface area (Å²) in [6.07, 6.45) is 11.3. The zero-order valence-electron chi connectivity index (χ0n) is 14.6. The van der Waals surface area contributed by atoms with Crippen LogP contribution in [-0.4, -0.2) is 17.4 Å². The molecule has 1 fully saturated rings. The van der Waals surface area contributed by atoms with Crippen molar-refractivity contribution in [2.75, 3.05) is 6.54 Å². The van der Waals surface area contributed by atoms with Crippen molar-refractivity contribution in [3.63, 3.8) is 0 Å². The van der Waals surface area contributed by atoms with Crippen molar-refractivity contribution in [2.24, 2.45) is 5.92 Å². The molecule has 25 heavy (non-hydrogen) atoms. The Balaban J connectivity index is 1.44. The molecule has 4 nitrogen and oxygen atoms in total. The van der Waals surface area contributed by atoms with Gasteiger partial charge >= 0.3 is 0 Å². The van der Waals surface area contributed by atoms with E-state index in [1.54, 1.807) is 18.5 Å². The van der Waals surface area contributed by atoms with Gasteiger partial charge in [0.2, 0.25) is 0 Å². The molecule has 3 rings (SSSR count). The van der Waals surface area contributed by atoms with Crippen molar-refractivity contribution < 1.29 is 9.53 Å². The highest BCUT2D eigenvalue weighted by Crippen LogP contribution is 2.28. The number of ether oxygens (including phenoxy) is 1. The fraction of sp³-hybridized carbons (Fsp3) is 0.429. The van der Waals surface area contributed by atoms with E-state index in [4.69, 9.17) is 4.74 Å². The van der Waals surface area contributed by atoms with E-state index in [9.17, 15) is 4.79 Å². The number of nitrogens with one attached hydrogen (secondary N) is 1. The van der Waals surface area contributed by atoms with Gasteiger partial charge < -0.3 is 10.1 Å². The molecule has 0 radical (unpaired) electrons. The zero-order valence-corrected chi connectivity index (χ0v) is 14.6. The minimum Gasteiger partial charge on any atom is -0.489 e. The largest absolute Gasteiger partial charge is 0.489 e. The summed E-state index contributed by atoms with van der Waals surface area (Å²) >= 11 is 0. The Labute approximate surface area is 149 Å².